The third kappa shape index (κ3) is 11.0. The topological polar surface area (TPSA) is 181 Å². The Balaban J connectivity index is 1.69. The number of hydrogen-bond donors (Lipinski definition) is 0. The summed E-state index contributed by atoms with van der Waals surface area (Å²) in [5.41, 5.74) is 1.54. The second-order valence-corrected chi connectivity index (χ2v) is 11.9. The molecular formula is C37H38N2O13. The molecule has 1 unspecified atom stereocenters. The number of esters is 6. The minimum absolute atomic E-state index is 0.0342. The molecule has 0 bridgehead atoms. The van der Waals surface area contributed by atoms with Crippen LogP contribution in [0.1, 0.15) is 63.0 Å². The van der Waals surface area contributed by atoms with Crippen LogP contribution < -0.4 is 28.4 Å². The third-order valence-corrected chi connectivity index (χ3v) is 7.44. The van der Waals surface area contributed by atoms with Crippen molar-refractivity contribution in [3.05, 3.63) is 71.3 Å². The second kappa shape index (κ2) is 17.3. The number of carbonyl (C=O) groups excluding carboxylic acids is 7. The molecule has 0 N–H and O–H groups in total. The van der Waals surface area contributed by atoms with Gasteiger partial charge in [-0.25, -0.2) is 0 Å². The van der Waals surface area contributed by atoms with E-state index in [0.29, 0.717) is 30.8 Å². The van der Waals surface area contributed by atoms with Crippen LogP contribution in [0.4, 0.5) is 0 Å². The summed E-state index contributed by atoms with van der Waals surface area (Å²) in [5, 5.41) is 0. The number of hydrogen-bond acceptors (Lipinski definition) is 15. The van der Waals surface area contributed by atoms with Gasteiger partial charge in [0.05, 0.1) is 6.04 Å². The summed E-state index contributed by atoms with van der Waals surface area (Å²) >= 11 is 0. The molecule has 1 heterocycles. The van der Waals surface area contributed by atoms with Crippen LogP contribution in [0.2, 0.25) is 0 Å². The standard InChI is InChI=1S/C37H38N2O13/c1-21(40)47-31-10-7-27(15-34(31)50-24(4)43)18-38-13-14-39(19-28-8-11-32(48-22(2)41)35(16-28)51-25(5)44)30(20-38)37(46)29-9-12-33(49-23(3)42)36(17-29)52-26(6)45/h7-12,15-17,30H,13-14,18-20H2,1-6H3. The predicted octanol–water partition coefficient (Wildman–Crippen LogP) is 3.81. The molecule has 0 amide bonds. The van der Waals surface area contributed by atoms with Gasteiger partial charge in [0.25, 0.3) is 0 Å². The molecule has 1 saturated heterocycles. The van der Waals surface area contributed by atoms with Crippen LogP contribution in [0.15, 0.2) is 54.6 Å². The first-order chi connectivity index (χ1) is 24.6. The van der Waals surface area contributed by atoms with Crippen LogP contribution >= 0.6 is 0 Å². The van der Waals surface area contributed by atoms with E-state index in [1.54, 1.807) is 24.3 Å². The Kier molecular flexibility index (Phi) is 13.0. The van der Waals surface area contributed by atoms with E-state index in [2.05, 4.69) is 0 Å². The molecule has 0 spiro atoms. The lowest BCUT2D eigenvalue weighted by Crippen LogP contribution is -2.55. The average Bonchev–Trinajstić information content (AvgIpc) is 3.03. The number of rotatable bonds is 12. The zero-order chi connectivity index (χ0) is 38.1. The van der Waals surface area contributed by atoms with E-state index >= 15 is 0 Å². The molecule has 0 aliphatic carbocycles. The van der Waals surface area contributed by atoms with E-state index in [4.69, 9.17) is 28.4 Å². The van der Waals surface area contributed by atoms with Crippen LogP contribution in [-0.4, -0.2) is 77.1 Å². The molecule has 0 aromatic heterocycles. The van der Waals surface area contributed by atoms with E-state index in [-0.39, 0.29) is 58.9 Å². The molecule has 0 radical (unpaired) electrons. The first kappa shape index (κ1) is 38.9. The third-order valence-electron chi connectivity index (χ3n) is 7.44. The van der Waals surface area contributed by atoms with Gasteiger partial charge < -0.3 is 28.4 Å². The van der Waals surface area contributed by atoms with Gasteiger partial charge in [-0.3, -0.25) is 43.4 Å². The fourth-order valence-electron chi connectivity index (χ4n) is 5.53. The minimum atomic E-state index is -0.780. The average molecular weight is 719 g/mol. The van der Waals surface area contributed by atoms with Gasteiger partial charge in [0, 0.05) is 79.8 Å². The Bertz CT molecular complexity index is 1900. The van der Waals surface area contributed by atoms with E-state index in [1.165, 1.54) is 71.9 Å². The quantitative estimate of drug-likeness (QED) is 0.150. The molecule has 1 aliphatic rings. The first-order valence-electron chi connectivity index (χ1n) is 16.1. The monoisotopic (exact) mass is 718 g/mol. The minimum Gasteiger partial charge on any atom is -0.423 e. The number of benzene rings is 3. The Morgan fingerprint density at radius 1 is 0.500 bits per heavy atom. The van der Waals surface area contributed by atoms with Crippen molar-refractivity contribution >= 4 is 41.6 Å². The Morgan fingerprint density at radius 2 is 0.885 bits per heavy atom. The van der Waals surface area contributed by atoms with Crippen molar-refractivity contribution < 1.29 is 62.0 Å². The van der Waals surface area contributed by atoms with Gasteiger partial charge in [0.2, 0.25) is 0 Å². The number of ketones is 1. The molecule has 0 saturated carbocycles. The molecule has 1 aliphatic heterocycles. The van der Waals surface area contributed by atoms with E-state index in [0.717, 1.165) is 0 Å². The molecule has 52 heavy (non-hydrogen) atoms. The maximum absolute atomic E-state index is 14.3. The van der Waals surface area contributed by atoms with Crippen LogP contribution in [0.25, 0.3) is 0 Å². The summed E-state index contributed by atoms with van der Waals surface area (Å²) in [6, 6.07) is 13.0. The molecule has 3 aromatic rings. The SMILES string of the molecule is CC(=O)Oc1ccc(CN2CCN(Cc3ccc(OC(C)=O)c(OC(C)=O)c3)C(C(=O)c3ccc(OC(C)=O)c(OC(C)=O)c3)C2)cc1OC(C)=O. The Labute approximate surface area is 299 Å². The summed E-state index contributed by atoms with van der Waals surface area (Å²) in [5.74, 6) is -3.97. The highest BCUT2D eigenvalue weighted by Gasteiger charge is 2.34. The highest BCUT2D eigenvalue weighted by atomic mass is 16.6. The van der Waals surface area contributed by atoms with Gasteiger partial charge in [-0.15, -0.1) is 0 Å². The summed E-state index contributed by atoms with van der Waals surface area (Å²) in [4.78, 5) is 88.7. The van der Waals surface area contributed by atoms with Gasteiger partial charge in [0.1, 0.15) is 0 Å². The van der Waals surface area contributed by atoms with Gasteiger partial charge in [-0.2, -0.15) is 0 Å². The Morgan fingerprint density at radius 3 is 1.33 bits per heavy atom. The number of ether oxygens (including phenoxy) is 6. The number of nitrogens with zero attached hydrogens (tertiary/aromatic N) is 2. The van der Waals surface area contributed by atoms with Crippen molar-refractivity contribution in [2.45, 2.75) is 60.7 Å². The molecule has 3 aromatic carbocycles. The largest absolute Gasteiger partial charge is 0.423 e. The number of carbonyl (C=O) groups is 7. The zero-order valence-electron chi connectivity index (χ0n) is 29.5. The molecule has 4 rings (SSSR count). The summed E-state index contributed by atoms with van der Waals surface area (Å²) < 4.78 is 31.4. The molecular weight excluding hydrogens is 680 g/mol. The lowest BCUT2D eigenvalue weighted by molar-refractivity contribution is -0.134. The van der Waals surface area contributed by atoms with Crippen LogP contribution in [-0.2, 0) is 41.9 Å². The smallest absolute Gasteiger partial charge is 0.308 e. The lowest BCUT2D eigenvalue weighted by atomic mass is 9.98. The van der Waals surface area contributed by atoms with E-state index in [1.807, 2.05) is 9.80 Å². The number of Topliss-reactive ketones (excluding diaryl/α,β-unsaturated/α-hetero) is 1. The normalized spacial score (nSPS) is 14.5. The molecule has 274 valence electrons. The lowest BCUT2D eigenvalue weighted by Gasteiger charge is -2.41. The van der Waals surface area contributed by atoms with Crippen molar-refractivity contribution in [3.63, 3.8) is 0 Å². The van der Waals surface area contributed by atoms with Crippen molar-refractivity contribution in [3.8, 4) is 34.5 Å². The van der Waals surface area contributed by atoms with Crippen molar-refractivity contribution in [2.75, 3.05) is 19.6 Å². The highest BCUT2D eigenvalue weighted by molar-refractivity contribution is 6.01. The summed E-state index contributed by atoms with van der Waals surface area (Å²) in [6.07, 6.45) is 0. The fraction of sp³-hybridized carbons (Fsp3) is 0.324. The van der Waals surface area contributed by atoms with Gasteiger partial charge in [0.15, 0.2) is 40.3 Å². The fourth-order valence-corrected chi connectivity index (χ4v) is 5.53. The summed E-state index contributed by atoms with van der Waals surface area (Å²) in [7, 11) is 0. The maximum Gasteiger partial charge on any atom is 0.308 e. The van der Waals surface area contributed by atoms with Crippen molar-refractivity contribution in [1.29, 1.82) is 0 Å². The van der Waals surface area contributed by atoms with Crippen LogP contribution in [0, 0.1) is 0 Å². The van der Waals surface area contributed by atoms with Crippen LogP contribution in [0.3, 0.4) is 0 Å². The Hall–Kier alpha value is -5.93. The predicted molar refractivity (Wildman–Crippen MR) is 181 cm³/mol. The molecule has 1 fully saturated rings. The van der Waals surface area contributed by atoms with Crippen molar-refractivity contribution in [1.82, 2.24) is 9.80 Å². The van der Waals surface area contributed by atoms with Crippen LogP contribution in [0.5, 0.6) is 34.5 Å². The second-order valence-electron chi connectivity index (χ2n) is 11.9. The zero-order valence-corrected chi connectivity index (χ0v) is 29.5. The van der Waals surface area contributed by atoms with Crippen molar-refractivity contribution in [2.24, 2.45) is 0 Å². The van der Waals surface area contributed by atoms with E-state index in [9.17, 15) is 33.6 Å². The van der Waals surface area contributed by atoms with E-state index < -0.39 is 41.9 Å². The highest BCUT2D eigenvalue weighted by Crippen LogP contribution is 2.33. The molecule has 15 heteroatoms. The molecule has 15 nitrogen and oxygen atoms in total. The maximum atomic E-state index is 14.3. The molecule has 1 atom stereocenters. The van der Waals surface area contributed by atoms with Gasteiger partial charge >= 0.3 is 35.8 Å². The van der Waals surface area contributed by atoms with Gasteiger partial charge in [-0.1, -0.05) is 12.1 Å². The summed E-state index contributed by atoms with van der Waals surface area (Å²) in [6.45, 7) is 8.89. The first-order valence-corrected chi connectivity index (χ1v) is 16.1. The van der Waals surface area contributed by atoms with Gasteiger partial charge in [-0.05, 0) is 53.6 Å². The number of piperazine rings is 1.